The van der Waals surface area contributed by atoms with Crippen LogP contribution in [0.5, 0.6) is 0 Å². The SMILES string of the molecule is COC1C2OCOC(NC(=O)C(O)C3(OC)CC(=O)C(C)C(C)O3)C2OC(CC(O)CCCC=CC=CC=CC(=O)NC(CCCN=C(N)N)C(=O)O)C1(C)C. The van der Waals surface area contributed by atoms with Gasteiger partial charge in [0, 0.05) is 44.6 Å². The number of aliphatic imine (C=N–C) groups is 1. The molecule has 11 atom stereocenters. The van der Waals surface area contributed by atoms with E-state index in [0.29, 0.717) is 25.7 Å². The molecule has 0 bridgehead atoms. The smallest absolute Gasteiger partial charge is 0.326 e. The second-order valence-electron chi connectivity index (χ2n) is 14.9. The molecule has 3 aliphatic heterocycles. The molecule has 3 saturated heterocycles. The molecule has 0 aromatic heterocycles. The van der Waals surface area contributed by atoms with Gasteiger partial charge in [-0.15, -0.1) is 0 Å². The molecule has 0 saturated carbocycles. The zero-order valence-electron chi connectivity index (χ0n) is 33.1. The Kier molecular flexibility index (Phi) is 18.1. The van der Waals surface area contributed by atoms with E-state index in [9.17, 15) is 34.5 Å². The van der Waals surface area contributed by atoms with Gasteiger partial charge in [0.15, 0.2) is 18.3 Å². The molecule has 3 rings (SSSR count). The number of hydrogen-bond donors (Lipinski definition) is 7. The molecule has 316 valence electrons. The van der Waals surface area contributed by atoms with Crippen LogP contribution in [0.4, 0.5) is 0 Å². The molecule has 0 aromatic carbocycles. The maximum Gasteiger partial charge on any atom is 0.326 e. The number of methoxy groups -OCH3 is 2. The largest absolute Gasteiger partial charge is 0.480 e. The number of amides is 2. The van der Waals surface area contributed by atoms with E-state index in [4.69, 9.17) is 39.9 Å². The fourth-order valence-corrected chi connectivity index (χ4v) is 7.05. The molecule has 56 heavy (non-hydrogen) atoms. The standard InChI is InChI=1S/C38H61N5O13/c1-22-23(2)56-38(52-6,20-26(22)45)31(47)33(48)43-34-30-29(53-21-54-34)32(51-5)37(3,4)27(55-30)19-24(44)15-12-10-8-7-9-11-13-17-28(46)42-25(35(49)50)16-14-18-41-36(39)40/h7-9,11,13,17,22-25,27,29-32,34,44,47H,10,12,14-16,18-21H2,1-6H3,(H,42,46)(H,43,48)(H,49,50)(H4,39,40,41). The van der Waals surface area contributed by atoms with Gasteiger partial charge in [-0.2, -0.15) is 0 Å². The second kappa shape index (κ2) is 21.7. The average molecular weight is 796 g/mol. The topological polar surface area (TPSA) is 273 Å². The number of carbonyl (C=O) groups is 4. The van der Waals surface area contributed by atoms with Gasteiger partial charge in [-0.1, -0.05) is 51.2 Å². The van der Waals surface area contributed by atoms with Crippen LogP contribution in [0, 0.1) is 11.3 Å². The molecule has 0 aliphatic carbocycles. The average Bonchev–Trinajstić information content (AvgIpc) is 3.14. The number of unbranched alkanes of at least 4 members (excludes halogenated alkanes) is 1. The van der Waals surface area contributed by atoms with Crippen molar-refractivity contribution in [3.63, 3.8) is 0 Å². The minimum absolute atomic E-state index is 0.0833. The van der Waals surface area contributed by atoms with Gasteiger partial charge in [0.2, 0.25) is 11.7 Å². The zero-order valence-corrected chi connectivity index (χ0v) is 33.1. The van der Waals surface area contributed by atoms with E-state index in [-0.39, 0.29) is 44.3 Å². The Morgan fingerprint density at radius 3 is 2.39 bits per heavy atom. The van der Waals surface area contributed by atoms with E-state index in [2.05, 4.69) is 15.6 Å². The number of nitrogens with zero attached hydrogens (tertiary/aromatic N) is 1. The zero-order chi connectivity index (χ0) is 41.6. The van der Waals surface area contributed by atoms with Gasteiger partial charge in [-0.05, 0) is 39.0 Å². The normalized spacial score (nSPS) is 30.8. The molecule has 18 nitrogen and oxygen atoms in total. The summed E-state index contributed by atoms with van der Waals surface area (Å²) in [5, 5.41) is 36.6. The number of ether oxygens (including phenoxy) is 6. The van der Waals surface area contributed by atoms with Gasteiger partial charge in [0.1, 0.15) is 30.8 Å². The van der Waals surface area contributed by atoms with Crippen molar-refractivity contribution in [1.29, 1.82) is 0 Å². The van der Waals surface area contributed by atoms with Crippen LogP contribution in [-0.2, 0) is 47.6 Å². The number of rotatable bonds is 20. The van der Waals surface area contributed by atoms with Crippen LogP contribution in [0.2, 0.25) is 0 Å². The van der Waals surface area contributed by atoms with Crippen LogP contribution in [0.25, 0.3) is 0 Å². The Morgan fingerprint density at radius 1 is 1.04 bits per heavy atom. The Hall–Kier alpha value is -3.75. The molecule has 0 aromatic rings. The number of Topliss-reactive ketones (excluding diaryl/α,β-unsaturated/α-hetero) is 1. The lowest BCUT2D eigenvalue weighted by molar-refractivity contribution is -0.332. The van der Waals surface area contributed by atoms with Gasteiger partial charge < -0.3 is 65.8 Å². The quantitative estimate of drug-likeness (QED) is 0.0291. The van der Waals surface area contributed by atoms with Crippen LogP contribution >= 0.6 is 0 Å². The van der Waals surface area contributed by atoms with E-state index in [0.717, 1.165) is 0 Å². The number of aliphatic hydroxyl groups excluding tert-OH is 2. The summed E-state index contributed by atoms with van der Waals surface area (Å²) >= 11 is 0. The van der Waals surface area contributed by atoms with Crippen LogP contribution in [0.1, 0.15) is 72.6 Å². The van der Waals surface area contributed by atoms with Crippen molar-refractivity contribution in [2.75, 3.05) is 27.6 Å². The predicted molar refractivity (Wildman–Crippen MR) is 202 cm³/mol. The van der Waals surface area contributed by atoms with Crippen molar-refractivity contribution >= 4 is 29.5 Å². The number of ketones is 1. The molecule has 3 aliphatic rings. The van der Waals surface area contributed by atoms with Crippen LogP contribution in [0.15, 0.2) is 41.4 Å². The molecular weight excluding hydrogens is 734 g/mol. The summed E-state index contributed by atoms with van der Waals surface area (Å²) in [5.41, 5.74) is 9.90. The minimum atomic E-state index is -1.87. The number of carbonyl (C=O) groups excluding carboxylic acids is 3. The first kappa shape index (κ1) is 46.6. The third kappa shape index (κ3) is 12.6. The highest BCUT2D eigenvalue weighted by Crippen LogP contribution is 2.44. The maximum absolute atomic E-state index is 13.4. The summed E-state index contributed by atoms with van der Waals surface area (Å²) in [6, 6.07) is -1.07. The lowest BCUT2D eigenvalue weighted by Gasteiger charge is -2.54. The number of carboxylic acids is 1. The van der Waals surface area contributed by atoms with Gasteiger partial charge >= 0.3 is 5.97 Å². The highest BCUT2D eigenvalue weighted by Gasteiger charge is 2.57. The molecule has 9 N–H and O–H groups in total. The predicted octanol–water partition coefficient (Wildman–Crippen LogP) is 0.541. The van der Waals surface area contributed by atoms with E-state index < -0.39 is 89.9 Å². The first-order chi connectivity index (χ1) is 26.5. The number of aliphatic carboxylic acids is 1. The minimum Gasteiger partial charge on any atom is -0.480 e. The number of guanidine groups is 1. The fraction of sp³-hybridized carbons (Fsp3) is 0.711. The van der Waals surface area contributed by atoms with Gasteiger partial charge in [0.25, 0.3) is 5.91 Å². The number of carboxylic acid groups (broad SMARTS) is 1. The van der Waals surface area contributed by atoms with E-state index in [1.54, 1.807) is 39.2 Å². The number of nitrogens with one attached hydrogen (secondary N) is 2. The van der Waals surface area contributed by atoms with E-state index in [1.165, 1.54) is 19.3 Å². The lowest BCUT2D eigenvalue weighted by atomic mass is 9.72. The van der Waals surface area contributed by atoms with Crippen molar-refractivity contribution in [3.8, 4) is 0 Å². The summed E-state index contributed by atoms with van der Waals surface area (Å²) < 4.78 is 35.4. The van der Waals surface area contributed by atoms with Crippen LogP contribution in [-0.4, -0.2) is 133 Å². The van der Waals surface area contributed by atoms with Gasteiger partial charge in [-0.3, -0.25) is 19.4 Å². The van der Waals surface area contributed by atoms with Gasteiger partial charge in [0.05, 0.1) is 30.8 Å². The summed E-state index contributed by atoms with van der Waals surface area (Å²) in [4.78, 5) is 53.4. The number of aliphatic hydroxyl groups is 2. The number of fused-ring (bicyclic) bond motifs is 1. The molecule has 0 radical (unpaired) electrons. The molecule has 3 heterocycles. The van der Waals surface area contributed by atoms with Crippen molar-refractivity contribution in [3.05, 3.63) is 36.5 Å². The summed E-state index contributed by atoms with van der Waals surface area (Å²) in [7, 11) is 2.82. The third-order valence-corrected chi connectivity index (χ3v) is 10.6. The number of hydrogen-bond acceptors (Lipinski definition) is 13. The number of allylic oxidation sites excluding steroid dienone is 5. The fourth-order valence-electron chi connectivity index (χ4n) is 7.05. The first-order valence-corrected chi connectivity index (χ1v) is 18.9. The van der Waals surface area contributed by atoms with Crippen molar-refractivity contribution in [2.45, 2.75) is 133 Å². The molecule has 0 spiro atoms. The summed E-state index contributed by atoms with van der Waals surface area (Å²) in [6.07, 6.45) is 5.32. The molecule has 11 unspecified atom stereocenters. The summed E-state index contributed by atoms with van der Waals surface area (Å²) in [5.74, 6) is -5.17. The molecular formula is C38H61N5O13. The Labute approximate surface area is 328 Å². The number of nitrogens with two attached hydrogens (primary N) is 2. The van der Waals surface area contributed by atoms with E-state index >= 15 is 0 Å². The lowest BCUT2D eigenvalue weighted by Crippen LogP contribution is -2.69. The second-order valence-corrected chi connectivity index (χ2v) is 14.9. The monoisotopic (exact) mass is 795 g/mol. The van der Waals surface area contributed by atoms with Crippen LogP contribution < -0.4 is 22.1 Å². The molecule has 18 heteroatoms. The van der Waals surface area contributed by atoms with Crippen molar-refractivity contribution in [2.24, 2.45) is 27.8 Å². The summed E-state index contributed by atoms with van der Waals surface area (Å²) in [6.45, 7) is 7.39. The van der Waals surface area contributed by atoms with Gasteiger partial charge in [-0.25, -0.2) is 4.79 Å². The highest BCUT2D eigenvalue weighted by molar-refractivity contribution is 5.91. The highest BCUT2D eigenvalue weighted by atomic mass is 16.7. The van der Waals surface area contributed by atoms with E-state index in [1.807, 2.05) is 19.9 Å². The van der Waals surface area contributed by atoms with Crippen molar-refractivity contribution < 1.29 is 62.9 Å². The van der Waals surface area contributed by atoms with Crippen LogP contribution in [0.3, 0.4) is 0 Å². The third-order valence-electron chi connectivity index (χ3n) is 10.6. The van der Waals surface area contributed by atoms with Crippen molar-refractivity contribution in [1.82, 2.24) is 10.6 Å². The Bertz CT molecular complexity index is 1450. The maximum atomic E-state index is 13.4. The first-order valence-electron chi connectivity index (χ1n) is 18.9. The molecule has 2 amide bonds. The molecule has 3 fully saturated rings. The Balaban J connectivity index is 1.51. The Morgan fingerprint density at radius 2 is 1.75 bits per heavy atom.